The van der Waals surface area contributed by atoms with Gasteiger partial charge in [0.05, 0.1) is 13.0 Å². The van der Waals surface area contributed by atoms with Crippen molar-refractivity contribution in [3.63, 3.8) is 0 Å². The molecular formula is C16H30O3S. The van der Waals surface area contributed by atoms with E-state index in [4.69, 9.17) is 9.84 Å². The summed E-state index contributed by atoms with van der Waals surface area (Å²) in [5.74, 6) is 1.11. The highest BCUT2D eigenvalue weighted by atomic mass is 32.2. The van der Waals surface area contributed by atoms with Crippen molar-refractivity contribution in [1.29, 1.82) is 0 Å². The van der Waals surface area contributed by atoms with Crippen molar-refractivity contribution in [1.82, 2.24) is 0 Å². The highest BCUT2D eigenvalue weighted by Crippen LogP contribution is 2.08. The third-order valence-electron chi connectivity index (χ3n) is 2.86. The maximum absolute atomic E-state index is 10.3. The van der Waals surface area contributed by atoms with Gasteiger partial charge in [-0.1, -0.05) is 31.9 Å². The molecular weight excluding hydrogens is 272 g/mol. The van der Waals surface area contributed by atoms with Crippen LogP contribution < -0.4 is 0 Å². The molecule has 0 bridgehead atoms. The predicted octanol–water partition coefficient (Wildman–Crippen LogP) is 4.52. The summed E-state index contributed by atoms with van der Waals surface area (Å²) < 4.78 is 5.52. The summed E-state index contributed by atoms with van der Waals surface area (Å²) >= 11 is 1.74. The van der Waals surface area contributed by atoms with Crippen LogP contribution in [0, 0.1) is 0 Å². The summed E-state index contributed by atoms with van der Waals surface area (Å²) in [4.78, 5) is 10.3. The van der Waals surface area contributed by atoms with Gasteiger partial charge < -0.3 is 9.84 Å². The molecule has 0 aromatic heterocycles. The largest absolute Gasteiger partial charge is 0.481 e. The summed E-state index contributed by atoms with van der Waals surface area (Å²) in [5.41, 5.74) is 0. The summed E-state index contributed by atoms with van der Waals surface area (Å²) in [5, 5.41) is 8.48. The van der Waals surface area contributed by atoms with Crippen LogP contribution in [0.3, 0.4) is 0 Å². The summed E-state index contributed by atoms with van der Waals surface area (Å²) in [6.07, 6.45) is 12.9. The van der Waals surface area contributed by atoms with Gasteiger partial charge in [0, 0.05) is 12.4 Å². The fourth-order valence-electron chi connectivity index (χ4n) is 1.67. The molecule has 0 aliphatic heterocycles. The lowest BCUT2D eigenvalue weighted by Crippen LogP contribution is -1.96. The number of hydrogen-bond donors (Lipinski definition) is 1. The molecule has 4 heteroatoms. The number of aliphatic carboxylic acids is 1. The number of carboxylic acids is 1. The maximum atomic E-state index is 10.3. The van der Waals surface area contributed by atoms with Gasteiger partial charge in [-0.25, -0.2) is 0 Å². The van der Waals surface area contributed by atoms with Crippen LogP contribution in [0.1, 0.15) is 58.3 Å². The first-order valence-electron chi connectivity index (χ1n) is 7.79. The molecule has 20 heavy (non-hydrogen) atoms. The molecule has 0 radical (unpaired) electrons. The van der Waals surface area contributed by atoms with E-state index in [1.54, 1.807) is 11.8 Å². The minimum absolute atomic E-state index is 0.281. The van der Waals surface area contributed by atoms with Crippen LogP contribution in [0.25, 0.3) is 0 Å². The fourth-order valence-corrected chi connectivity index (χ4v) is 2.60. The number of ether oxygens (including phenoxy) is 1. The fraction of sp³-hybridized carbons (Fsp3) is 0.812. The minimum Gasteiger partial charge on any atom is -0.481 e. The molecule has 0 amide bonds. The molecule has 0 saturated carbocycles. The molecule has 1 N–H and O–H groups in total. The quantitative estimate of drug-likeness (QED) is 0.357. The Kier molecular flexibility index (Phi) is 16.2. The smallest absolute Gasteiger partial charge is 0.304 e. The molecule has 3 nitrogen and oxygen atoms in total. The van der Waals surface area contributed by atoms with Crippen molar-refractivity contribution in [2.45, 2.75) is 58.3 Å². The molecule has 0 aliphatic rings. The van der Waals surface area contributed by atoms with E-state index in [1.807, 2.05) is 0 Å². The zero-order valence-electron chi connectivity index (χ0n) is 12.8. The Labute approximate surface area is 128 Å². The molecule has 118 valence electrons. The van der Waals surface area contributed by atoms with E-state index < -0.39 is 5.97 Å². The maximum Gasteiger partial charge on any atom is 0.304 e. The number of thioether (sulfide) groups is 1. The summed E-state index contributed by atoms with van der Waals surface area (Å²) in [7, 11) is 0. The molecule has 0 saturated heterocycles. The van der Waals surface area contributed by atoms with Crippen molar-refractivity contribution >= 4 is 17.7 Å². The monoisotopic (exact) mass is 302 g/mol. The Balaban J connectivity index is 3.07. The van der Waals surface area contributed by atoms with Gasteiger partial charge in [0.25, 0.3) is 0 Å². The van der Waals surface area contributed by atoms with E-state index in [2.05, 4.69) is 19.1 Å². The zero-order valence-corrected chi connectivity index (χ0v) is 13.6. The average molecular weight is 302 g/mol. The number of rotatable bonds is 15. The van der Waals surface area contributed by atoms with Crippen LogP contribution in [-0.2, 0) is 9.53 Å². The molecule has 0 rings (SSSR count). The second kappa shape index (κ2) is 16.6. The van der Waals surface area contributed by atoms with Gasteiger partial charge in [0.15, 0.2) is 0 Å². The van der Waals surface area contributed by atoms with E-state index in [1.165, 1.54) is 32.1 Å². The van der Waals surface area contributed by atoms with Gasteiger partial charge in [-0.3, -0.25) is 4.79 Å². The van der Waals surface area contributed by atoms with Crippen LogP contribution >= 0.6 is 11.8 Å². The molecule has 0 unspecified atom stereocenters. The zero-order chi connectivity index (χ0) is 14.9. The minimum atomic E-state index is -0.697. The number of unbranched alkanes of at least 4 members (excludes halogenated alkanes) is 4. The third kappa shape index (κ3) is 17.5. The van der Waals surface area contributed by atoms with Crippen LogP contribution in [0.15, 0.2) is 12.2 Å². The standard InChI is InChI=1S/C16H30O3S/c1-2-3-8-12-19-13-9-6-4-5-7-10-14-20-15-11-16(17)18/h4,6H,2-3,5,7-15H2,1H3,(H,17,18)/b6-4+. The second-order valence-electron chi connectivity index (χ2n) is 4.83. The SMILES string of the molecule is CCCCCOCC/C=C/CCCCSCCC(=O)O. The second-order valence-corrected chi connectivity index (χ2v) is 6.06. The molecule has 0 spiro atoms. The summed E-state index contributed by atoms with van der Waals surface area (Å²) in [6, 6.07) is 0. The van der Waals surface area contributed by atoms with Gasteiger partial charge in [-0.15, -0.1) is 0 Å². The summed E-state index contributed by atoms with van der Waals surface area (Å²) in [6.45, 7) is 3.94. The van der Waals surface area contributed by atoms with Crippen LogP contribution in [-0.4, -0.2) is 35.8 Å². The molecule has 0 aromatic carbocycles. The Hall–Kier alpha value is -0.480. The topological polar surface area (TPSA) is 46.5 Å². The Morgan fingerprint density at radius 2 is 1.85 bits per heavy atom. The Bertz CT molecular complexity index is 242. The average Bonchev–Trinajstić information content (AvgIpc) is 2.43. The lowest BCUT2D eigenvalue weighted by atomic mass is 10.2. The number of hydrogen-bond acceptors (Lipinski definition) is 3. The van der Waals surface area contributed by atoms with Crippen LogP contribution in [0.4, 0.5) is 0 Å². The van der Waals surface area contributed by atoms with Gasteiger partial charge in [-0.2, -0.15) is 11.8 Å². The first-order valence-corrected chi connectivity index (χ1v) is 8.95. The van der Waals surface area contributed by atoms with E-state index >= 15 is 0 Å². The van der Waals surface area contributed by atoms with E-state index in [0.29, 0.717) is 0 Å². The molecule has 0 atom stereocenters. The van der Waals surface area contributed by atoms with Crippen molar-refractivity contribution in [2.75, 3.05) is 24.7 Å². The van der Waals surface area contributed by atoms with Crippen LogP contribution in [0.2, 0.25) is 0 Å². The normalized spacial score (nSPS) is 11.2. The van der Waals surface area contributed by atoms with Crippen molar-refractivity contribution in [2.24, 2.45) is 0 Å². The van der Waals surface area contributed by atoms with Crippen molar-refractivity contribution in [3.8, 4) is 0 Å². The van der Waals surface area contributed by atoms with Gasteiger partial charge in [-0.05, 0) is 37.9 Å². The van der Waals surface area contributed by atoms with Crippen LogP contribution in [0.5, 0.6) is 0 Å². The van der Waals surface area contributed by atoms with Crippen molar-refractivity contribution < 1.29 is 14.6 Å². The van der Waals surface area contributed by atoms with E-state index in [0.717, 1.165) is 37.6 Å². The highest BCUT2D eigenvalue weighted by molar-refractivity contribution is 7.99. The first kappa shape index (κ1) is 19.5. The lowest BCUT2D eigenvalue weighted by Gasteiger charge is -2.01. The molecule has 0 heterocycles. The number of carboxylic acid groups (broad SMARTS) is 1. The van der Waals surface area contributed by atoms with Gasteiger partial charge in [0.1, 0.15) is 0 Å². The Morgan fingerprint density at radius 1 is 1.05 bits per heavy atom. The molecule has 0 fully saturated rings. The van der Waals surface area contributed by atoms with Gasteiger partial charge >= 0.3 is 5.97 Å². The molecule has 0 aliphatic carbocycles. The number of carbonyl (C=O) groups is 1. The third-order valence-corrected chi connectivity index (χ3v) is 3.93. The molecule has 0 aromatic rings. The van der Waals surface area contributed by atoms with E-state index in [-0.39, 0.29) is 6.42 Å². The lowest BCUT2D eigenvalue weighted by molar-refractivity contribution is -0.136. The van der Waals surface area contributed by atoms with Gasteiger partial charge in [0.2, 0.25) is 0 Å². The number of allylic oxidation sites excluding steroid dienone is 1. The highest BCUT2D eigenvalue weighted by Gasteiger charge is 1.95. The van der Waals surface area contributed by atoms with E-state index in [9.17, 15) is 4.79 Å². The predicted molar refractivity (Wildman–Crippen MR) is 87.5 cm³/mol. The first-order chi connectivity index (χ1) is 9.77. The Morgan fingerprint density at radius 3 is 2.60 bits per heavy atom. The van der Waals surface area contributed by atoms with Crippen molar-refractivity contribution in [3.05, 3.63) is 12.2 Å².